The van der Waals surface area contributed by atoms with Crippen LogP contribution in [0.3, 0.4) is 0 Å². The largest absolute Gasteiger partial charge is 0.483 e. The minimum absolute atomic E-state index is 0.00123. The minimum Gasteiger partial charge on any atom is -0.483 e. The number of likely N-dealkylation sites (tertiary alicyclic amines) is 1. The molecule has 0 unspecified atom stereocenters. The molecule has 6 nitrogen and oxygen atoms in total. The highest BCUT2D eigenvalue weighted by Gasteiger charge is 2.24. The molecular weight excluding hydrogens is 426 g/mol. The Morgan fingerprint density at radius 2 is 1.44 bits per heavy atom. The summed E-state index contributed by atoms with van der Waals surface area (Å²) in [5, 5.41) is 0. The topological polar surface area (TPSA) is 53.1 Å². The van der Waals surface area contributed by atoms with E-state index in [1.165, 1.54) is 18.4 Å². The highest BCUT2D eigenvalue weighted by molar-refractivity contribution is 5.97. The van der Waals surface area contributed by atoms with E-state index in [0.29, 0.717) is 24.4 Å². The third-order valence-corrected chi connectivity index (χ3v) is 6.56. The van der Waals surface area contributed by atoms with Gasteiger partial charge < -0.3 is 14.5 Å². The smallest absolute Gasteiger partial charge is 0.260 e. The van der Waals surface area contributed by atoms with E-state index < -0.39 is 0 Å². The van der Waals surface area contributed by atoms with Crippen LogP contribution >= 0.6 is 0 Å². The zero-order chi connectivity index (χ0) is 23.6. The van der Waals surface area contributed by atoms with Crippen molar-refractivity contribution >= 4 is 17.9 Å². The molecule has 2 aromatic carbocycles. The van der Waals surface area contributed by atoms with Gasteiger partial charge in [-0.15, -0.1) is 0 Å². The van der Waals surface area contributed by atoms with E-state index >= 15 is 0 Å². The van der Waals surface area contributed by atoms with Crippen LogP contribution in [0.2, 0.25) is 0 Å². The molecule has 0 bridgehead atoms. The number of amides is 2. The van der Waals surface area contributed by atoms with Gasteiger partial charge in [0.25, 0.3) is 11.8 Å². The molecule has 2 heterocycles. The summed E-state index contributed by atoms with van der Waals surface area (Å²) in [6.07, 6.45) is 8.77. The molecule has 34 heavy (non-hydrogen) atoms. The van der Waals surface area contributed by atoms with E-state index in [0.717, 1.165) is 45.6 Å². The van der Waals surface area contributed by atoms with Gasteiger partial charge in [0.2, 0.25) is 0 Å². The lowest BCUT2D eigenvalue weighted by atomic mass is 10.1. The first-order valence-electron chi connectivity index (χ1n) is 12.4. The third kappa shape index (κ3) is 6.70. The molecule has 4 rings (SSSR count). The molecule has 0 radical (unpaired) electrons. The molecule has 180 valence electrons. The predicted molar refractivity (Wildman–Crippen MR) is 135 cm³/mol. The van der Waals surface area contributed by atoms with Gasteiger partial charge in [-0.2, -0.15) is 0 Å². The molecule has 2 aliphatic heterocycles. The van der Waals surface area contributed by atoms with Crippen LogP contribution in [0.25, 0.3) is 6.08 Å². The Morgan fingerprint density at radius 1 is 0.765 bits per heavy atom. The third-order valence-electron chi connectivity index (χ3n) is 6.56. The van der Waals surface area contributed by atoms with Crippen molar-refractivity contribution < 1.29 is 14.3 Å². The van der Waals surface area contributed by atoms with E-state index in [1.807, 2.05) is 40.1 Å². The van der Waals surface area contributed by atoms with Crippen molar-refractivity contribution in [2.45, 2.75) is 25.7 Å². The Kier molecular flexibility index (Phi) is 8.74. The number of carbonyl (C=O) groups excluding carboxylic acids is 2. The molecule has 0 atom stereocenters. The summed E-state index contributed by atoms with van der Waals surface area (Å²) in [6.45, 7) is 5.48. The highest BCUT2D eigenvalue weighted by Crippen LogP contribution is 2.21. The van der Waals surface area contributed by atoms with Crippen LogP contribution in [0, 0.1) is 0 Å². The zero-order valence-corrected chi connectivity index (χ0v) is 19.9. The fourth-order valence-electron chi connectivity index (χ4n) is 4.53. The first-order valence-corrected chi connectivity index (χ1v) is 12.4. The molecule has 0 spiro atoms. The van der Waals surface area contributed by atoms with Gasteiger partial charge in [-0.1, -0.05) is 67.5 Å². The standard InChI is InChI=1S/C28H35N3O3/c32-27(30-17-8-1-2-9-18-30)23-34-26-15-7-6-14-25(26)28(33)31-21-19-29(20-22-31)16-10-13-24-11-4-3-5-12-24/h3-7,10-15H,1-2,8-9,16-23H2/b13-10+. The van der Waals surface area contributed by atoms with Crippen molar-refractivity contribution in [1.29, 1.82) is 0 Å². The Morgan fingerprint density at radius 3 is 2.18 bits per heavy atom. The lowest BCUT2D eigenvalue weighted by Crippen LogP contribution is -2.48. The van der Waals surface area contributed by atoms with Gasteiger partial charge in [0.15, 0.2) is 6.61 Å². The second kappa shape index (κ2) is 12.4. The zero-order valence-electron chi connectivity index (χ0n) is 19.9. The first-order chi connectivity index (χ1) is 16.7. The van der Waals surface area contributed by atoms with Crippen LogP contribution in [0.4, 0.5) is 0 Å². The van der Waals surface area contributed by atoms with Crippen LogP contribution in [0.1, 0.15) is 41.6 Å². The fourth-order valence-corrected chi connectivity index (χ4v) is 4.53. The molecule has 2 aliphatic rings. The van der Waals surface area contributed by atoms with Crippen molar-refractivity contribution in [1.82, 2.24) is 14.7 Å². The molecule has 2 saturated heterocycles. The summed E-state index contributed by atoms with van der Waals surface area (Å²) in [6, 6.07) is 17.6. The Labute approximate surface area is 202 Å². The van der Waals surface area contributed by atoms with Crippen LogP contribution in [-0.4, -0.2) is 78.9 Å². The molecule has 0 saturated carbocycles. The molecule has 2 fully saturated rings. The number of para-hydroxylation sites is 1. The SMILES string of the molecule is O=C(COc1ccccc1C(=O)N1CCN(C/C=C/c2ccccc2)CC1)N1CCCCCC1. The van der Waals surface area contributed by atoms with Crippen molar-refractivity contribution in [3.63, 3.8) is 0 Å². The van der Waals surface area contributed by atoms with Crippen LogP contribution < -0.4 is 4.74 Å². The lowest BCUT2D eigenvalue weighted by Gasteiger charge is -2.34. The maximum absolute atomic E-state index is 13.2. The van der Waals surface area contributed by atoms with E-state index in [4.69, 9.17) is 4.74 Å². The summed E-state index contributed by atoms with van der Waals surface area (Å²) in [7, 11) is 0. The van der Waals surface area contributed by atoms with E-state index in [9.17, 15) is 9.59 Å². The van der Waals surface area contributed by atoms with Crippen LogP contribution in [-0.2, 0) is 4.79 Å². The van der Waals surface area contributed by atoms with Crippen molar-refractivity contribution in [3.05, 3.63) is 71.8 Å². The first kappa shape index (κ1) is 24.0. The fraction of sp³-hybridized carbons (Fsp3) is 0.429. The number of piperazine rings is 1. The van der Waals surface area contributed by atoms with Gasteiger partial charge >= 0.3 is 0 Å². The molecule has 0 aromatic heterocycles. The van der Waals surface area contributed by atoms with Crippen molar-refractivity contribution in [2.24, 2.45) is 0 Å². The highest BCUT2D eigenvalue weighted by atomic mass is 16.5. The molecular formula is C28H35N3O3. The number of benzene rings is 2. The van der Waals surface area contributed by atoms with Crippen LogP contribution in [0.15, 0.2) is 60.7 Å². The normalized spacial score (nSPS) is 17.5. The maximum atomic E-state index is 13.2. The number of rotatable bonds is 7. The van der Waals surface area contributed by atoms with E-state index in [-0.39, 0.29) is 18.4 Å². The number of hydrogen-bond donors (Lipinski definition) is 0. The molecule has 0 aliphatic carbocycles. The van der Waals surface area contributed by atoms with Gasteiger partial charge in [0.1, 0.15) is 5.75 Å². The minimum atomic E-state index is -0.0303. The van der Waals surface area contributed by atoms with Crippen molar-refractivity contribution in [3.8, 4) is 5.75 Å². The molecule has 2 aromatic rings. The Bertz CT molecular complexity index is 960. The van der Waals surface area contributed by atoms with Gasteiger partial charge in [-0.3, -0.25) is 14.5 Å². The summed E-state index contributed by atoms with van der Waals surface area (Å²) in [5.41, 5.74) is 1.73. The average Bonchev–Trinajstić information content (AvgIpc) is 3.18. The quantitative estimate of drug-likeness (QED) is 0.627. The number of carbonyl (C=O) groups is 2. The molecule has 0 N–H and O–H groups in total. The van der Waals surface area contributed by atoms with Gasteiger partial charge in [0.05, 0.1) is 5.56 Å². The number of nitrogens with zero attached hydrogens (tertiary/aromatic N) is 3. The summed E-state index contributed by atoms with van der Waals surface area (Å²) >= 11 is 0. The van der Waals surface area contributed by atoms with Crippen molar-refractivity contribution in [2.75, 3.05) is 52.4 Å². The average molecular weight is 462 g/mol. The van der Waals surface area contributed by atoms with Gasteiger partial charge in [-0.25, -0.2) is 0 Å². The summed E-state index contributed by atoms with van der Waals surface area (Å²) < 4.78 is 5.86. The second-order valence-electron chi connectivity index (χ2n) is 8.99. The monoisotopic (exact) mass is 461 g/mol. The van der Waals surface area contributed by atoms with Crippen LogP contribution in [0.5, 0.6) is 5.75 Å². The maximum Gasteiger partial charge on any atom is 0.260 e. The lowest BCUT2D eigenvalue weighted by molar-refractivity contribution is -0.133. The predicted octanol–water partition coefficient (Wildman–Crippen LogP) is 3.94. The summed E-state index contributed by atoms with van der Waals surface area (Å²) in [4.78, 5) is 32.0. The Balaban J connectivity index is 1.28. The van der Waals surface area contributed by atoms with Gasteiger partial charge in [0, 0.05) is 45.8 Å². The van der Waals surface area contributed by atoms with Gasteiger partial charge in [-0.05, 0) is 30.5 Å². The van der Waals surface area contributed by atoms with E-state index in [2.05, 4.69) is 29.2 Å². The summed E-state index contributed by atoms with van der Waals surface area (Å²) in [5.74, 6) is 0.461. The Hall–Kier alpha value is -3.12. The molecule has 2 amide bonds. The number of hydrogen-bond acceptors (Lipinski definition) is 4. The van der Waals surface area contributed by atoms with E-state index in [1.54, 1.807) is 12.1 Å². The second-order valence-corrected chi connectivity index (χ2v) is 8.99. The number of ether oxygens (including phenoxy) is 1. The molecule has 6 heteroatoms.